The van der Waals surface area contributed by atoms with Gasteiger partial charge in [-0.25, -0.2) is 4.98 Å². The van der Waals surface area contributed by atoms with Gasteiger partial charge in [-0.2, -0.15) is 10.2 Å². The van der Waals surface area contributed by atoms with E-state index in [0.717, 1.165) is 10.9 Å². The summed E-state index contributed by atoms with van der Waals surface area (Å²) in [6, 6.07) is -0.112. The van der Waals surface area contributed by atoms with Crippen LogP contribution < -0.4 is 5.32 Å². The van der Waals surface area contributed by atoms with Gasteiger partial charge in [-0.05, 0) is 27.7 Å². The smallest absolute Gasteiger partial charge is 0.222 e. The molecule has 0 saturated carbocycles. The standard InChI is InChI=1S/C15H22N6O2S/c1-9(21-11(3)14(12(4)22)10(2)20-21)7-13(23)16-5-6-24-15-17-8-18-19-15/h8-9H,5-7H2,1-4H3,(H,16,23)(H,17,18,19)/t9-/m1/s1. The lowest BCUT2D eigenvalue weighted by atomic mass is 10.1. The number of Topliss-reactive ketones (excluding diaryl/α,β-unsaturated/α-hetero) is 1. The molecular formula is C15H22N6O2S. The molecule has 0 aromatic carbocycles. The summed E-state index contributed by atoms with van der Waals surface area (Å²) < 4.78 is 1.76. The van der Waals surface area contributed by atoms with E-state index in [1.54, 1.807) is 4.68 Å². The average Bonchev–Trinajstić information content (AvgIpc) is 3.11. The molecule has 2 rings (SSSR count). The summed E-state index contributed by atoms with van der Waals surface area (Å²) in [7, 11) is 0. The van der Waals surface area contributed by atoms with Crippen LogP contribution >= 0.6 is 11.8 Å². The van der Waals surface area contributed by atoms with Gasteiger partial charge in [0.05, 0.1) is 17.3 Å². The number of thioether (sulfide) groups is 1. The van der Waals surface area contributed by atoms with Gasteiger partial charge in [0, 0.05) is 24.4 Å². The summed E-state index contributed by atoms with van der Waals surface area (Å²) >= 11 is 1.50. The van der Waals surface area contributed by atoms with Gasteiger partial charge in [-0.3, -0.25) is 19.4 Å². The number of carbonyl (C=O) groups is 2. The summed E-state index contributed by atoms with van der Waals surface area (Å²) in [5, 5.41) is 14.5. The first kappa shape index (κ1) is 18.2. The Kier molecular flexibility index (Phi) is 6.13. The maximum Gasteiger partial charge on any atom is 0.222 e. The zero-order valence-electron chi connectivity index (χ0n) is 14.3. The molecule has 0 fully saturated rings. The molecule has 130 valence electrons. The van der Waals surface area contributed by atoms with Gasteiger partial charge in [0.2, 0.25) is 5.91 Å². The van der Waals surface area contributed by atoms with Crippen molar-refractivity contribution >= 4 is 23.5 Å². The molecule has 2 aromatic heterocycles. The molecular weight excluding hydrogens is 328 g/mol. The molecule has 2 N–H and O–H groups in total. The molecule has 0 aliphatic carbocycles. The van der Waals surface area contributed by atoms with Crippen LogP contribution in [0.1, 0.15) is 48.1 Å². The first-order valence-corrected chi connectivity index (χ1v) is 8.70. The van der Waals surface area contributed by atoms with Crippen molar-refractivity contribution in [3.05, 3.63) is 23.3 Å². The predicted molar refractivity (Wildman–Crippen MR) is 91.1 cm³/mol. The van der Waals surface area contributed by atoms with E-state index in [-0.39, 0.29) is 17.7 Å². The monoisotopic (exact) mass is 350 g/mol. The number of aromatic nitrogens is 5. The zero-order chi connectivity index (χ0) is 17.7. The van der Waals surface area contributed by atoms with Crippen LogP contribution in [0, 0.1) is 13.8 Å². The number of aromatic amines is 1. The average molecular weight is 350 g/mol. The molecule has 9 heteroatoms. The van der Waals surface area contributed by atoms with E-state index in [0.29, 0.717) is 30.0 Å². The molecule has 2 heterocycles. The third-order valence-corrected chi connectivity index (χ3v) is 4.51. The van der Waals surface area contributed by atoms with Crippen LogP contribution in [-0.4, -0.2) is 48.9 Å². The number of carbonyl (C=O) groups excluding carboxylic acids is 2. The highest BCUT2D eigenvalue weighted by molar-refractivity contribution is 7.99. The molecule has 0 saturated heterocycles. The minimum Gasteiger partial charge on any atom is -0.355 e. The fourth-order valence-corrected chi connectivity index (χ4v) is 3.27. The molecule has 0 unspecified atom stereocenters. The number of amides is 1. The normalized spacial score (nSPS) is 12.2. The van der Waals surface area contributed by atoms with Crippen LogP contribution in [-0.2, 0) is 4.79 Å². The van der Waals surface area contributed by atoms with Gasteiger partial charge >= 0.3 is 0 Å². The number of nitrogens with one attached hydrogen (secondary N) is 2. The largest absolute Gasteiger partial charge is 0.355 e. The quantitative estimate of drug-likeness (QED) is 0.426. The fraction of sp³-hybridized carbons (Fsp3) is 0.533. The lowest BCUT2D eigenvalue weighted by molar-refractivity contribution is -0.121. The number of hydrogen-bond acceptors (Lipinski definition) is 6. The summed E-state index contributed by atoms with van der Waals surface area (Å²) in [5.41, 5.74) is 2.16. The summed E-state index contributed by atoms with van der Waals surface area (Å²) in [5.74, 6) is 0.666. The Morgan fingerprint density at radius 1 is 1.42 bits per heavy atom. The number of ketones is 1. The van der Waals surface area contributed by atoms with Gasteiger partial charge in [0.15, 0.2) is 10.9 Å². The lowest BCUT2D eigenvalue weighted by Gasteiger charge is -2.14. The van der Waals surface area contributed by atoms with Crippen LogP contribution in [0.25, 0.3) is 0 Å². The highest BCUT2D eigenvalue weighted by atomic mass is 32.2. The van der Waals surface area contributed by atoms with Crippen molar-refractivity contribution in [2.24, 2.45) is 0 Å². The van der Waals surface area contributed by atoms with E-state index in [1.807, 2.05) is 20.8 Å². The Morgan fingerprint density at radius 3 is 2.75 bits per heavy atom. The van der Waals surface area contributed by atoms with Crippen molar-refractivity contribution in [2.45, 2.75) is 45.3 Å². The van der Waals surface area contributed by atoms with Gasteiger partial charge in [-0.1, -0.05) is 11.8 Å². The maximum absolute atomic E-state index is 12.1. The minimum atomic E-state index is -0.112. The molecule has 0 bridgehead atoms. The molecule has 1 amide bonds. The van der Waals surface area contributed by atoms with E-state index in [1.165, 1.54) is 25.0 Å². The second-order valence-corrected chi connectivity index (χ2v) is 6.67. The Balaban J connectivity index is 1.83. The lowest BCUT2D eigenvalue weighted by Crippen LogP contribution is -2.28. The van der Waals surface area contributed by atoms with E-state index in [9.17, 15) is 9.59 Å². The Morgan fingerprint density at radius 2 is 2.17 bits per heavy atom. The van der Waals surface area contributed by atoms with Gasteiger partial charge in [0.1, 0.15) is 6.33 Å². The van der Waals surface area contributed by atoms with E-state index in [4.69, 9.17) is 0 Å². The predicted octanol–water partition coefficient (Wildman–Crippen LogP) is 1.68. The highest BCUT2D eigenvalue weighted by Crippen LogP contribution is 2.19. The Bertz CT molecular complexity index is 710. The van der Waals surface area contributed by atoms with Crippen molar-refractivity contribution in [1.82, 2.24) is 30.3 Å². The van der Waals surface area contributed by atoms with E-state index in [2.05, 4.69) is 25.6 Å². The maximum atomic E-state index is 12.1. The van der Waals surface area contributed by atoms with E-state index >= 15 is 0 Å². The SMILES string of the molecule is CC(=O)c1c(C)nn([C@H](C)CC(=O)NCCSc2ncn[nH]2)c1C. The van der Waals surface area contributed by atoms with Gasteiger partial charge < -0.3 is 5.32 Å². The molecule has 0 radical (unpaired) electrons. The van der Waals surface area contributed by atoms with Crippen LogP contribution in [0.5, 0.6) is 0 Å². The van der Waals surface area contributed by atoms with Crippen LogP contribution in [0.3, 0.4) is 0 Å². The minimum absolute atomic E-state index is 0.00246. The Hall–Kier alpha value is -2.16. The molecule has 0 spiro atoms. The molecule has 2 aromatic rings. The second-order valence-electron chi connectivity index (χ2n) is 5.59. The van der Waals surface area contributed by atoms with Crippen molar-refractivity contribution in [1.29, 1.82) is 0 Å². The topological polar surface area (TPSA) is 106 Å². The van der Waals surface area contributed by atoms with Crippen molar-refractivity contribution in [3.63, 3.8) is 0 Å². The third kappa shape index (κ3) is 4.44. The first-order chi connectivity index (χ1) is 11.4. The van der Waals surface area contributed by atoms with Crippen molar-refractivity contribution < 1.29 is 9.59 Å². The van der Waals surface area contributed by atoms with Gasteiger partial charge in [-0.15, -0.1) is 0 Å². The van der Waals surface area contributed by atoms with Crippen molar-refractivity contribution in [3.8, 4) is 0 Å². The fourth-order valence-electron chi connectivity index (χ4n) is 2.63. The summed E-state index contributed by atoms with van der Waals surface area (Å²) in [4.78, 5) is 27.7. The molecule has 0 aliphatic heterocycles. The van der Waals surface area contributed by atoms with Crippen molar-refractivity contribution in [2.75, 3.05) is 12.3 Å². The van der Waals surface area contributed by atoms with Gasteiger partial charge in [0.25, 0.3) is 0 Å². The third-order valence-electron chi connectivity index (χ3n) is 3.63. The van der Waals surface area contributed by atoms with Crippen LogP contribution in [0.2, 0.25) is 0 Å². The number of nitrogens with zero attached hydrogens (tertiary/aromatic N) is 4. The summed E-state index contributed by atoms with van der Waals surface area (Å²) in [6.07, 6.45) is 1.76. The number of H-pyrrole nitrogens is 1. The zero-order valence-corrected chi connectivity index (χ0v) is 15.1. The number of hydrogen-bond donors (Lipinski definition) is 2. The molecule has 24 heavy (non-hydrogen) atoms. The molecule has 0 aliphatic rings. The van der Waals surface area contributed by atoms with Crippen LogP contribution in [0.15, 0.2) is 11.5 Å². The van der Waals surface area contributed by atoms with E-state index < -0.39 is 0 Å². The summed E-state index contributed by atoms with van der Waals surface area (Å²) in [6.45, 7) is 7.68. The molecule has 1 atom stereocenters. The first-order valence-electron chi connectivity index (χ1n) is 7.71. The van der Waals surface area contributed by atoms with Crippen LogP contribution in [0.4, 0.5) is 0 Å². The highest BCUT2D eigenvalue weighted by Gasteiger charge is 2.20. The number of aryl methyl sites for hydroxylation is 1. The molecule has 8 nitrogen and oxygen atoms in total. The Labute approximate surface area is 144 Å². The number of rotatable bonds is 8. The second kappa shape index (κ2) is 8.09.